The van der Waals surface area contributed by atoms with E-state index in [1.165, 1.54) is 11.1 Å². The first-order chi connectivity index (χ1) is 8.42. The summed E-state index contributed by atoms with van der Waals surface area (Å²) in [6.45, 7) is 9.12. The van der Waals surface area contributed by atoms with E-state index in [0.717, 1.165) is 6.54 Å². The number of anilines is 1. The van der Waals surface area contributed by atoms with Crippen LogP contribution in [0.1, 0.15) is 31.9 Å². The van der Waals surface area contributed by atoms with E-state index in [-0.39, 0.29) is 5.54 Å². The second-order valence-electron chi connectivity index (χ2n) is 5.63. The summed E-state index contributed by atoms with van der Waals surface area (Å²) < 4.78 is 1.85. The van der Waals surface area contributed by atoms with Crippen molar-refractivity contribution >= 4 is 5.95 Å². The predicted octanol–water partition coefficient (Wildman–Crippen LogP) is 2.85. The van der Waals surface area contributed by atoms with Gasteiger partial charge in [0.25, 0.3) is 0 Å². The van der Waals surface area contributed by atoms with Crippen LogP contribution in [0.25, 0.3) is 0 Å². The lowest BCUT2D eigenvalue weighted by Crippen LogP contribution is -2.26. The number of rotatable bonds is 3. The van der Waals surface area contributed by atoms with Crippen molar-refractivity contribution in [1.29, 1.82) is 0 Å². The Morgan fingerprint density at radius 3 is 2.72 bits per heavy atom. The Bertz CT molecular complexity index is 523. The number of benzene rings is 1. The summed E-state index contributed by atoms with van der Waals surface area (Å²) in [6.07, 6.45) is 1.76. The van der Waals surface area contributed by atoms with E-state index in [1.54, 1.807) is 6.33 Å². The summed E-state index contributed by atoms with van der Waals surface area (Å²) >= 11 is 0. The number of nitrogens with zero attached hydrogens (tertiary/aromatic N) is 3. The van der Waals surface area contributed by atoms with Crippen LogP contribution in [0.15, 0.2) is 30.6 Å². The Labute approximate surface area is 108 Å². The highest BCUT2D eigenvalue weighted by Gasteiger charge is 2.12. The summed E-state index contributed by atoms with van der Waals surface area (Å²) in [6, 6.07) is 8.43. The zero-order valence-electron chi connectivity index (χ0n) is 11.4. The normalized spacial score (nSPS) is 11.6. The Kier molecular flexibility index (Phi) is 3.36. The van der Waals surface area contributed by atoms with Crippen molar-refractivity contribution in [2.75, 3.05) is 5.32 Å². The summed E-state index contributed by atoms with van der Waals surface area (Å²) in [5, 5.41) is 7.67. The zero-order chi connectivity index (χ0) is 13.2. The van der Waals surface area contributed by atoms with Crippen molar-refractivity contribution in [2.45, 2.75) is 39.8 Å². The van der Waals surface area contributed by atoms with Crippen molar-refractivity contribution < 1.29 is 0 Å². The van der Waals surface area contributed by atoms with E-state index >= 15 is 0 Å². The van der Waals surface area contributed by atoms with E-state index < -0.39 is 0 Å². The van der Waals surface area contributed by atoms with Gasteiger partial charge in [-0.2, -0.15) is 0 Å². The molecule has 96 valence electrons. The number of nitrogens with one attached hydrogen (secondary N) is 1. The van der Waals surface area contributed by atoms with Gasteiger partial charge in [0.2, 0.25) is 5.95 Å². The number of aryl methyl sites for hydroxylation is 1. The second kappa shape index (κ2) is 4.80. The molecule has 1 N–H and O–H groups in total. The molecule has 1 heterocycles. The lowest BCUT2D eigenvalue weighted by atomic mass is 10.1. The minimum atomic E-state index is -0.0183. The van der Waals surface area contributed by atoms with Crippen LogP contribution in [0.5, 0.6) is 0 Å². The molecule has 0 amide bonds. The third kappa shape index (κ3) is 3.58. The predicted molar refractivity (Wildman–Crippen MR) is 73.7 cm³/mol. The molecule has 0 aliphatic rings. The van der Waals surface area contributed by atoms with Gasteiger partial charge in [-0.25, -0.2) is 9.67 Å². The molecule has 0 spiro atoms. The molecule has 4 nitrogen and oxygen atoms in total. The van der Waals surface area contributed by atoms with Crippen LogP contribution < -0.4 is 5.32 Å². The SMILES string of the molecule is Cc1cccc(Cn2cnc(NC(C)(C)C)n2)c1. The molecule has 0 saturated carbocycles. The Hall–Kier alpha value is -1.84. The van der Waals surface area contributed by atoms with Gasteiger partial charge in [-0.1, -0.05) is 29.8 Å². The molecule has 2 aromatic rings. The van der Waals surface area contributed by atoms with Crippen molar-refractivity contribution in [2.24, 2.45) is 0 Å². The largest absolute Gasteiger partial charge is 0.348 e. The van der Waals surface area contributed by atoms with Crippen LogP contribution in [-0.4, -0.2) is 20.3 Å². The molecular weight excluding hydrogens is 224 g/mol. The first-order valence-corrected chi connectivity index (χ1v) is 6.15. The fourth-order valence-corrected chi connectivity index (χ4v) is 1.76. The van der Waals surface area contributed by atoms with E-state index in [4.69, 9.17) is 0 Å². The van der Waals surface area contributed by atoms with Gasteiger partial charge in [0.1, 0.15) is 6.33 Å². The van der Waals surface area contributed by atoms with Crippen LogP contribution in [0.2, 0.25) is 0 Å². The smallest absolute Gasteiger partial charge is 0.242 e. The van der Waals surface area contributed by atoms with Crippen molar-refractivity contribution in [3.8, 4) is 0 Å². The quantitative estimate of drug-likeness (QED) is 0.902. The van der Waals surface area contributed by atoms with Crippen LogP contribution in [-0.2, 0) is 6.54 Å². The van der Waals surface area contributed by atoms with Crippen LogP contribution >= 0.6 is 0 Å². The molecule has 0 fully saturated rings. The van der Waals surface area contributed by atoms with E-state index in [1.807, 2.05) is 4.68 Å². The van der Waals surface area contributed by atoms with E-state index in [2.05, 4.69) is 67.4 Å². The van der Waals surface area contributed by atoms with Gasteiger partial charge in [0, 0.05) is 5.54 Å². The fraction of sp³-hybridized carbons (Fsp3) is 0.429. The minimum Gasteiger partial charge on any atom is -0.348 e. The number of aromatic nitrogens is 3. The molecule has 0 aliphatic carbocycles. The van der Waals surface area contributed by atoms with Gasteiger partial charge >= 0.3 is 0 Å². The molecule has 1 aromatic carbocycles. The summed E-state index contributed by atoms with van der Waals surface area (Å²) in [5.41, 5.74) is 2.48. The van der Waals surface area contributed by atoms with Crippen molar-refractivity contribution in [1.82, 2.24) is 14.8 Å². The molecule has 0 saturated heterocycles. The lowest BCUT2D eigenvalue weighted by Gasteiger charge is -2.18. The second-order valence-corrected chi connectivity index (χ2v) is 5.63. The monoisotopic (exact) mass is 244 g/mol. The molecule has 0 atom stereocenters. The lowest BCUT2D eigenvalue weighted by molar-refractivity contribution is 0.619. The fourth-order valence-electron chi connectivity index (χ4n) is 1.76. The van der Waals surface area contributed by atoms with E-state index in [9.17, 15) is 0 Å². The molecule has 0 aliphatic heterocycles. The van der Waals surface area contributed by atoms with Crippen molar-refractivity contribution in [3.63, 3.8) is 0 Å². The van der Waals surface area contributed by atoms with Gasteiger partial charge < -0.3 is 5.32 Å². The summed E-state index contributed by atoms with van der Waals surface area (Å²) in [4.78, 5) is 4.26. The maximum atomic E-state index is 4.42. The first-order valence-electron chi connectivity index (χ1n) is 6.15. The third-order valence-corrected chi connectivity index (χ3v) is 2.45. The average molecular weight is 244 g/mol. The topological polar surface area (TPSA) is 42.7 Å². The van der Waals surface area contributed by atoms with Crippen LogP contribution in [0, 0.1) is 6.92 Å². The minimum absolute atomic E-state index is 0.0183. The molecule has 18 heavy (non-hydrogen) atoms. The summed E-state index contributed by atoms with van der Waals surface area (Å²) in [7, 11) is 0. The number of hydrogen-bond donors (Lipinski definition) is 1. The van der Waals surface area contributed by atoms with Gasteiger partial charge in [0.05, 0.1) is 6.54 Å². The van der Waals surface area contributed by atoms with Gasteiger partial charge in [0.15, 0.2) is 0 Å². The molecule has 0 bridgehead atoms. The molecule has 4 heteroatoms. The van der Waals surface area contributed by atoms with Crippen molar-refractivity contribution in [3.05, 3.63) is 41.7 Å². The molecule has 0 radical (unpaired) electrons. The maximum Gasteiger partial charge on any atom is 0.242 e. The highest BCUT2D eigenvalue weighted by Crippen LogP contribution is 2.10. The Morgan fingerprint density at radius 2 is 2.06 bits per heavy atom. The van der Waals surface area contributed by atoms with Gasteiger partial charge in [-0.15, -0.1) is 5.10 Å². The Morgan fingerprint density at radius 1 is 1.28 bits per heavy atom. The molecule has 1 aromatic heterocycles. The molecule has 2 rings (SSSR count). The summed E-state index contributed by atoms with van der Waals surface area (Å²) in [5.74, 6) is 0.676. The first kappa shape index (κ1) is 12.6. The van der Waals surface area contributed by atoms with Crippen LogP contribution in [0.3, 0.4) is 0 Å². The third-order valence-electron chi connectivity index (χ3n) is 2.45. The molecule has 0 unspecified atom stereocenters. The average Bonchev–Trinajstić information content (AvgIpc) is 2.62. The maximum absolute atomic E-state index is 4.42. The van der Waals surface area contributed by atoms with Crippen LogP contribution in [0.4, 0.5) is 5.95 Å². The standard InChI is InChI=1S/C14H20N4/c1-11-6-5-7-12(8-11)9-18-10-15-13(17-18)16-14(2,3)4/h5-8,10H,9H2,1-4H3,(H,16,17). The molecular formula is C14H20N4. The highest BCUT2D eigenvalue weighted by atomic mass is 15.4. The number of hydrogen-bond acceptors (Lipinski definition) is 3. The highest BCUT2D eigenvalue weighted by molar-refractivity contribution is 5.26. The Balaban J connectivity index is 2.07. The zero-order valence-corrected chi connectivity index (χ0v) is 11.4. The van der Waals surface area contributed by atoms with Gasteiger partial charge in [-0.3, -0.25) is 0 Å². The van der Waals surface area contributed by atoms with E-state index in [0.29, 0.717) is 5.95 Å². The van der Waals surface area contributed by atoms with Gasteiger partial charge in [-0.05, 0) is 33.3 Å².